The van der Waals surface area contributed by atoms with Gasteiger partial charge in [0.05, 0.1) is 0 Å². The molecule has 0 fully saturated rings. The molecule has 0 aliphatic carbocycles. The molecule has 0 spiro atoms. The molecule has 6 heteroatoms. The van der Waals surface area contributed by atoms with Crippen LogP contribution in [0.25, 0.3) is 0 Å². The molecule has 308 valence electrons. The van der Waals surface area contributed by atoms with Gasteiger partial charge in [-0.2, -0.15) is 0 Å². The van der Waals surface area contributed by atoms with E-state index in [1.807, 2.05) is 0 Å². The molecule has 0 rings (SSSR count). The summed E-state index contributed by atoms with van der Waals surface area (Å²) < 4.78 is 16.7. The molecule has 0 aliphatic heterocycles. The van der Waals surface area contributed by atoms with Gasteiger partial charge in [0.15, 0.2) is 6.10 Å². The van der Waals surface area contributed by atoms with E-state index in [1.54, 1.807) is 0 Å². The predicted octanol–water partition coefficient (Wildman–Crippen LogP) is 14.3. The van der Waals surface area contributed by atoms with Gasteiger partial charge in [-0.25, -0.2) is 0 Å². The minimum absolute atomic E-state index is 0.0641. The van der Waals surface area contributed by atoms with Crippen molar-refractivity contribution in [2.75, 3.05) is 13.2 Å². The highest BCUT2D eigenvalue weighted by molar-refractivity contribution is 5.71. The van der Waals surface area contributed by atoms with Crippen LogP contribution in [0.15, 0.2) is 0 Å². The molecule has 0 aromatic heterocycles. The lowest BCUT2D eigenvalue weighted by Gasteiger charge is -2.18. The first-order valence-electron chi connectivity index (χ1n) is 22.9. The van der Waals surface area contributed by atoms with E-state index in [1.165, 1.54) is 148 Å². The highest BCUT2D eigenvalue weighted by Gasteiger charge is 2.19. The van der Waals surface area contributed by atoms with Crippen LogP contribution in [0.4, 0.5) is 0 Å². The summed E-state index contributed by atoms with van der Waals surface area (Å²) in [6, 6.07) is 0. The summed E-state index contributed by atoms with van der Waals surface area (Å²) >= 11 is 0. The number of carbonyl (C=O) groups excluding carboxylic acids is 3. The van der Waals surface area contributed by atoms with Crippen LogP contribution in [0.1, 0.15) is 252 Å². The van der Waals surface area contributed by atoms with Gasteiger partial charge in [-0.3, -0.25) is 14.4 Å². The van der Waals surface area contributed by atoms with E-state index >= 15 is 0 Å². The van der Waals surface area contributed by atoms with E-state index in [9.17, 15) is 14.4 Å². The zero-order chi connectivity index (χ0) is 38.2. The first-order valence-corrected chi connectivity index (χ1v) is 22.9. The Morgan fingerprint density at radius 3 is 1.00 bits per heavy atom. The van der Waals surface area contributed by atoms with E-state index in [0.717, 1.165) is 63.7 Å². The molecule has 0 amide bonds. The Morgan fingerprint density at radius 1 is 0.385 bits per heavy atom. The summed E-state index contributed by atoms with van der Waals surface area (Å²) in [7, 11) is 0. The first kappa shape index (κ1) is 50.4. The highest BCUT2D eigenvalue weighted by Crippen LogP contribution is 2.17. The number of carbonyl (C=O) groups is 3. The molecule has 0 bridgehead atoms. The van der Waals surface area contributed by atoms with Gasteiger partial charge in [0.2, 0.25) is 0 Å². The van der Waals surface area contributed by atoms with Crippen molar-refractivity contribution >= 4 is 17.9 Å². The van der Waals surface area contributed by atoms with Crippen molar-refractivity contribution < 1.29 is 28.6 Å². The Balaban J connectivity index is 4.34. The van der Waals surface area contributed by atoms with Crippen LogP contribution in [0, 0.1) is 5.92 Å². The summed E-state index contributed by atoms with van der Waals surface area (Å²) in [6.45, 7) is 8.99. The molecule has 0 radical (unpaired) electrons. The van der Waals surface area contributed by atoms with E-state index in [0.29, 0.717) is 19.3 Å². The van der Waals surface area contributed by atoms with E-state index in [-0.39, 0.29) is 31.1 Å². The molecule has 0 aromatic rings. The van der Waals surface area contributed by atoms with Crippen molar-refractivity contribution in [2.45, 2.75) is 259 Å². The number of hydrogen-bond acceptors (Lipinski definition) is 6. The van der Waals surface area contributed by atoms with Gasteiger partial charge in [-0.15, -0.1) is 0 Å². The van der Waals surface area contributed by atoms with Crippen molar-refractivity contribution in [3.05, 3.63) is 0 Å². The van der Waals surface area contributed by atoms with Crippen molar-refractivity contribution in [2.24, 2.45) is 5.92 Å². The van der Waals surface area contributed by atoms with Crippen LogP contribution in [-0.2, 0) is 28.6 Å². The third kappa shape index (κ3) is 38.1. The number of ether oxygens (including phenoxy) is 3. The Labute approximate surface area is 323 Å². The van der Waals surface area contributed by atoms with E-state index in [2.05, 4.69) is 27.7 Å². The minimum Gasteiger partial charge on any atom is -0.462 e. The SMILES string of the molecule is CCCCCCCCCCCCCCC(=O)OC[C@H](COC(=O)CCCCCCCCCCCC)OC(=O)CCCCCCCCCCC(C)CC. The first-order chi connectivity index (χ1) is 25.4. The molecule has 0 aromatic carbocycles. The summed E-state index contributed by atoms with van der Waals surface area (Å²) in [5, 5.41) is 0. The number of unbranched alkanes of at least 4 members (excludes halogenated alkanes) is 27. The average molecular weight is 737 g/mol. The van der Waals surface area contributed by atoms with Crippen LogP contribution in [0.3, 0.4) is 0 Å². The third-order valence-electron chi connectivity index (χ3n) is 10.7. The Hall–Kier alpha value is -1.59. The fourth-order valence-corrected chi connectivity index (χ4v) is 6.77. The second-order valence-electron chi connectivity index (χ2n) is 15.9. The fourth-order valence-electron chi connectivity index (χ4n) is 6.77. The van der Waals surface area contributed by atoms with Crippen molar-refractivity contribution in [1.82, 2.24) is 0 Å². The molecule has 0 aliphatic rings. The maximum atomic E-state index is 12.7. The fraction of sp³-hybridized carbons (Fsp3) is 0.935. The van der Waals surface area contributed by atoms with Crippen LogP contribution in [-0.4, -0.2) is 37.2 Å². The van der Waals surface area contributed by atoms with Crippen LogP contribution in [0.2, 0.25) is 0 Å². The summed E-state index contributed by atoms with van der Waals surface area (Å²) in [5.41, 5.74) is 0. The topological polar surface area (TPSA) is 78.9 Å². The number of esters is 3. The summed E-state index contributed by atoms with van der Waals surface area (Å²) in [5.74, 6) is -0.0114. The van der Waals surface area contributed by atoms with E-state index < -0.39 is 6.10 Å². The quantitative estimate of drug-likeness (QED) is 0.0353. The molecule has 0 heterocycles. The van der Waals surface area contributed by atoms with Crippen LogP contribution >= 0.6 is 0 Å². The van der Waals surface area contributed by atoms with Crippen molar-refractivity contribution in [3.8, 4) is 0 Å². The van der Waals surface area contributed by atoms with Gasteiger partial charge in [0.25, 0.3) is 0 Å². The highest BCUT2D eigenvalue weighted by atomic mass is 16.6. The van der Waals surface area contributed by atoms with Gasteiger partial charge >= 0.3 is 17.9 Å². The van der Waals surface area contributed by atoms with Gasteiger partial charge in [-0.1, -0.05) is 214 Å². The molecule has 2 atom stereocenters. The van der Waals surface area contributed by atoms with Crippen LogP contribution in [0.5, 0.6) is 0 Å². The molecule has 6 nitrogen and oxygen atoms in total. The van der Waals surface area contributed by atoms with Crippen LogP contribution < -0.4 is 0 Å². The van der Waals surface area contributed by atoms with Crippen molar-refractivity contribution in [3.63, 3.8) is 0 Å². The number of rotatable bonds is 41. The largest absolute Gasteiger partial charge is 0.462 e. The molecule has 0 N–H and O–H groups in total. The molecular formula is C46H88O6. The van der Waals surface area contributed by atoms with Gasteiger partial charge in [0.1, 0.15) is 13.2 Å². The summed E-state index contributed by atoms with van der Waals surface area (Å²) in [4.78, 5) is 37.7. The zero-order valence-electron chi connectivity index (χ0n) is 35.3. The Kier molecular flexibility index (Phi) is 39.4. The average Bonchev–Trinajstić information content (AvgIpc) is 3.14. The number of hydrogen-bond donors (Lipinski definition) is 0. The lowest BCUT2D eigenvalue weighted by molar-refractivity contribution is -0.167. The normalized spacial score (nSPS) is 12.5. The Morgan fingerprint density at radius 2 is 0.673 bits per heavy atom. The lowest BCUT2D eigenvalue weighted by atomic mass is 9.99. The monoisotopic (exact) mass is 737 g/mol. The maximum absolute atomic E-state index is 12.7. The van der Waals surface area contributed by atoms with Gasteiger partial charge < -0.3 is 14.2 Å². The second kappa shape index (κ2) is 40.6. The molecule has 0 saturated carbocycles. The smallest absolute Gasteiger partial charge is 0.306 e. The van der Waals surface area contributed by atoms with Gasteiger partial charge in [-0.05, 0) is 25.2 Å². The molecule has 1 unspecified atom stereocenters. The summed E-state index contributed by atoms with van der Waals surface area (Å²) in [6.07, 6.45) is 39.3. The minimum atomic E-state index is -0.759. The maximum Gasteiger partial charge on any atom is 0.306 e. The van der Waals surface area contributed by atoms with Crippen molar-refractivity contribution in [1.29, 1.82) is 0 Å². The standard InChI is InChI=1S/C46H88O6/c1-5-8-10-12-14-16-18-19-21-26-30-34-38-45(48)51-41-43(40-50-44(47)37-33-29-25-20-17-15-13-11-9-6-2)52-46(49)39-35-31-27-23-22-24-28-32-36-42(4)7-3/h42-43H,5-41H2,1-4H3/t42?,43-/m0/s1. The molecule has 52 heavy (non-hydrogen) atoms. The predicted molar refractivity (Wildman–Crippen MR) is 220 cm³/mol. The lowest BCUT2D eigenvalue weighted by Crippen LogP contribution is -2.30. The Bertz CT molecular complexity index is 783. The molecule has 0 saturated heterocycles. The van der Waals surface area contributed by atoms with Gasteiger partial charge in [0, 0.05) is 19.3 Å². The zero-order valence-corrected chi connectivity index (χ0v) is 35.3. The van der Waals surface area contributed by atoms with E-state index in [4.69, 9.17) is 14.2 Å². The third-order valence-corrected chi connectivity index (χ3v) is 10.7. The second-order valence-corrected chi connectivity index (χ2v) is 15.9. The molecular weight excluding hydrogens is 648 g/mol.